The zero-order chi connectivity index (χ0) is 14.9. The normalized spacial score (nSPS) is 23.0. The zero-order valence-electron chi connectivity index (χ0n) is 11.8. The Morgan fingerprint density at radius 2 is 1.90 bits per heavy atom. The molecular formula is C16H19NO3S. The molecule has 1 aliphatic carbocycles. The molecule has 1 saturated heterocycles. The minimum Gasteiger partial charge on any atom is -0.481 e. The van der Waals surface area contributed by atoms with Crippen molar-refractivity contribution in [2.45, 2.75) is 24.2 Å². The topological polar surface area (TPSA) is 57.6 Å². The number of carboxylic acid groups (broad SMARTS) is 1. The van der Waals surface area contributed by atoms with E-state index in [2.05, 4.69) is 0 Å². The van der Waals surface area contributed by atoms with Crippen LogP contribution in [0.15, 0.2) is 35.2 Å². The van der Waals surface area contributed by atoms with Gasteiger partial charge in [-0.15, -0.1) is 11.8 Å². The molecule has 112 valence electrons. The van der Waals surface area contributed by atoms with Crippen molar-refractivity contribution in [3.63, 3.8) is 0 Å². The minimum atomic E-state index is -0.672. The van der Waals surface area contributed by atoms with Gasteiger partial charge < -0.3 is 10.0 Å². The van der Waals surface area contributed by atoms with Crippen molar-refractivity contribution in [3.8, 4) is 0 Å². The fraction of sp³-hybridized carbons (Fsp3) is 0.500. The average Bonchev–Trinajstić information content (AvgIpc) is 3.21. The number of likely N-dealkylation sites (tertiary alicyclic amines) is 1. The van der Waals surface area contributed by atoms with Crippen LogP contribution >= 0.6 is 11.8 Å². The molecule has 1 heterocycles. The molecule has 1 aliphatic heterocycles. The lowest BCUT2D eigenvalue weighted by Gasteiger charge is -2.32. The van der Waals surface area contributed by atoms with E-state index in [4.69, 9.17) is 5.11 Å². The predicted octanol–water partition coefficient (Wildman–Crippen LogP) is 2.49. The number of piperidine rings is 1. The van der Waals surface area contributed by atoms with E-state index in [1.165, 1.54) is 0 Å². The second kappa shape index (κ2) is 5.72. The summed E-state index contributed by atoms with van der Waals surface area (Å²) in [5.74, 6) is -0.228. The van der Waals surface area contributed by atoms with Crippen LogP contribution in [0.5, 0.6) is 0 Å². The van der Waals surface area contributed by atoms with Crippen molar-refractivity contribution in [1.29, 1.82) is 0 Å². The summed E-state index contributed by atoms with van der Waals surface area (Å²) in [5, 5.41) is 9.07. The Labute approximate surface area is 128 Å². The van der Waals surface area contributed by atoms with Crippen LogP contribution in [0.3, 0.4) is 0 Å². The molecule has 1 unspecified atom stereocenters. The summed E-state index contributed by atoms with van der Waals surface area (Å²) in [7, 11) is 0. The first-order chi connectivity index (χ1) is 10.1. The summed E-state index contributed by atoms with van der Waals surface area (Å²) < 4.78 is 0. The molecular weight excluding hydrogens is 286 g/mol. The maximum Gasteiger partial charge on any atom is 0.307 e. The van der Waals surface area contributed by atoms with Crippen LogP contribution in [0.25, 0.3) is 0 Å². The van der Waals surface area contributed by atoms with Crippen LogP contribution in [-0.4, -0.2) is 40.7 Å². The molecule has 1 amide bonds. The molecule has 0 radical (unpaired) electrons. The van der Waals surface area contributed by atoms with Crippen LogP contribution in [0.1, 0.15) is 19.3 Å². The summed E-state index contributed by atoms with van der Waals surface area (Å²) in [4.78, 5) is 26.2. The third-order valence-corrected chi connectivity index (χ3v) is 5.70. The second-order valence-corrected chi connectivity index (χ2v) is 6.99. The zero-order valence-corrected chi connectivity index (χ0v) is 12.6. The number of hydrogen-bond acceptors (Lipinski definition) is 3. The molecule has 2 fully saturated rings. The number of nitrogens with zero attached hydrogens (tertiary/aromatic N) is 1. The number of amides is 1. The number of carbonyl (C=O) groups is 2. The van der Waals surface area contributed by atoms with E-state index in [1.807, 2.05) is 35.2 Å². The third-order valence-electron chi connectivity index (χ3n) is 4.71. The van der Waals surface area contributed by atoms with E-state index in [1.54, 1.807) is 11.8 Å². The molecule has 3 rings (SSSR count). The number of benzene rings is 1. The van der Waals surface area contributed by atoms with Gasteiger partial charge in [0.1, 0.15) is 0 Å². The lowest BCUT2D eigenvalue weighted by Crippen LogP contribution is -2.40. The molecule has 21 heavy (non-hydrogen) atoms. The Hall–Kier alpha value is -1.49. The van der Waals surface area contributed by atoms with Crippen LogP contribution < -0.4 is 0 Å². The molecule has 0 aromatic heterocycles. The van der Waals surface area contributed by atoms with Crippen molar-refractivity contribution < 1.29 is 14.7 Å². The van der Waals surface area contributed by atoms with E-state index in [0.717, 1.165) is 24.2 Å². The van der Waals surface area contributed by atoms with Gasteiger partial charge in [-0.25, -0.2) is 0 Å². The van der Waals surface area contributed by atoms with Crippen molar-refractivity contribution >= 4 is 23.6 Å². The van der Waals surface area contributed by atoms with E-state index >= 15 is 0 Å². The Kier molecular flexibility index (Phi) is 3.93. The van der Waals surface area contributed by atoms with Gasteiger partial charge in [-0.2, -0.15) is 0 Å². The highest BCUT2D eigenvalue weighted by Gasteiger charge is 2.59. The van der Waals surface area contributed by atoms with Gasteiger partial charge in [-0.05, 0) is 36.8 Å². The van der Waals surface area contributed by atoms with Gasteiger partial charge in [-0.3, -0.25) is 9.59 Å². The highest BCUT2D eigenvalue weighted by Crippen LogP contribution is 2.59. The molecule has 1 N–H and O–H groups in total. The number of hydrogen-bond donors (Lipinski definition) is 1. The summed E-state index contributed by atoms with van der Waals surface area (Å²) in [6.07, 6.45) is 2.47. The summed E-state index contributed by atoms with van der Waals surface area (Å²) in [6.45, 7) is 1.41. The second-order valence-electron chi connectivity index (χ2n) is 5.94. The van der Waals surface area contributed by atoms with Crippen molar-refractivity contribution in [1.82, 2.24) is 4.90 Å². The summed E-state index contributed by atoms with van der Waals surface area (Å²) in [5.41, 5.74) is -0.00478. The van der Waals surface area contributed by atoms with Gasteiger partial charge in [0.05, 0.1) is 11.7 Å². The van der Waals surface area contributed by atoms with E-state index in [9.17, 15) is 9.59 Å². The van der Waals surface area contributed by atoms with Gasteiger partial charge >= 0.3 is 5.97 Å². The molecule has 2 aliphatic rings. The number of carboxylic acids is 1. The molecule has 1 aromatic rings. The van der Waals surface area contributed by atoms with Crippen LogP contribution in [0.2, 0.25) is 0 Å². The standard InChI is InChI=1S/C16H19NO3S/c18-14(11-21-12-4-2-1-3-5-12)17-8-6-16(7-9-17)10-13(16)15(19)20/h1-5,13H,6-11H2,(H,19,20). The summed E-state index contributed by atoms with van der Waals surface area (Å²) in [6, 6.07) is 9.91. The van der Waals surface area contributed by atoms with Gasteiger partial charge in [0.2, 0.25) is 5.91 Å². The quantitative estimate of drug-likeness (QED) is 0.868. The highest BCUT2D eigenvalue weighted by molar-refractivity contribution is 8.00. The lowest BCUT2D eigenvalue weighted by atomic mass is 9.91. The predicted molar refractivity (Wildman–Crippen MR) is 81.2 cm³/mol. The molecule has 1 atom stereocenters. The number of carbonyl (C=O) groups excluding carboxylic acids is 1. The minimum absolute atomic E-state index is 0.00478. The highest BCUT2D eigenvalue weighted by atomic mass is 32.2. The number of thioether (sulfide) groups is 1. The van der Waals surface area contributed by atoms with Crippen LogP contribution in [0.4, 0.5) is 0 Å². The first-order valence-corrected chi connectivity index (χ1v) is 8.28. The number of aliphatic carboxylic acids is 1. The molecule has 0 bridgehead atoms. The van der Waals surface area contributed by atoms with Crippen molar-refractivity contribution in [2.75, 3.05) is 18.8 Å². The van der Waals surface area contributed by atoms with Crippen LogP contribution in [-0.2, 0) is 9.59 Å². The smallest absolute Gasteiger partial charge is 0.307 e. The SMILES string of the molecule is O=C(O)C1CC12CCN(C(=O)CSc1ccccc1)CC2. The summed E-state index contributed by atoms with van der Waals surface area (Å²) >= 11 is 1.56. The van der Waals surface area contributed by atoms with Gasteiger partial charge in [-0.1, -0.05) is 18.2 Å². The van der Waals surface area contributed by atoms with E-state index < -0.39 is 5.97 Å². The molecule has 1 spiro atoms. The third kappa shape index (κ3) is 3.07. The monoisotopic (exact) mass is 305 g/mol. The molecule has 5 heteroatoms. The molecule has 1 saturated carbocycles. The first-order valence-electron chi connectivity index (χ1n) is 7.29. The Balaban J connectivity index is 1.46. The first kappa shape index (κ1) is 14.4. The Morgan fingerprint density at radius 1 is 1.24 bits per heavy atom. The maximum atomic E-state index is 12.2. The Morgan fingerprint density at radius 3 is 2.48 bits per heavy atom. The van der Waals surface area contributed by atoms with Crippen molar-refractivity contribution in [3.05, 3.63) is 30.3 Å². The number of rotatable bonds is 4. The average molecular weight is 305 g/mol. The fourth-order valence-corrected chi connectivity index (χ4v) is 4.03. The van der Waals surface area contributed by atoms with E-state index in [0.29, 0.717) is 18.8 Å². The fourth-order valence-electron chi connectivity index (χ4n) is 3.20. The van der Waals surface area contributed by atoms with Gasteiger partial charge in [0.25, 0.3) is 0 Å². The Bertz CT molecular complexity index is 538. The van der Waals surface area contributed by atoms with Gasteiger partial charge in [0, 0.05) is 18.0 Å². The molecule has 1 aromatic carbocycles. The van der Waals surface area contributed by atoms with Crippen LogP contribution in [0, 0.1) is 11.3 Å². The van der Waals surface area contributed by atoms with Gasteiger partial charge in [0.15, 0.2) is 0 Å². The maximum absolute atomic E-state index is 12.2. The lowest BCUT2D eigenvalue weighted by molar-refractivity contribution is -0.139. The van der Waals surface area contributed by atoms with E-state index in [-0.39, 0.29) is 17.2 Å². The largest absolute Gasteiger partial charge is 0.481 e. The van der Waals surface area contributed by atoms with Crippen molar-refractivity contribution in [2.24, 2.45) is 11.3 Å². The molecule has 4 nitrogen and oxygen atoms in total.